The highest BCUT2D eigenvalue weighted by Gasteiger charge is 2.44. The lowest BCUT2D eigenvalue weighted by Gasteiger charge is -2.31. The van der Waals surface area contributed by atoms with Crippen LogP contribution in [0, 0.1) is 11.8 Å². The first-order valence-electron chi connectivity index (χ1n) is 24.6. The molecule has 2 fully saturated rings. The van der Waals surface area contributed by atoms with E-state index >= 15 is 0 Å². The second-order valence-corrected chi connectivity index (χ2v) is 20.5. The second-order valence-electron chi connectivity index (χ2n) is 20.5. The molecule has 6 heterocycles. The van der Waals surface area contributed by atoms with E-state index in [9.17, 15) is 24.0 Å². The Morgan fingerprint density at radius 1 is 0.722 bits per heavy atom. The molecule has 4 aliphatic rings. The number of hydrogen-bond donors (Lipinski definition) is 4. The molecule has 0 radical (unpaired) electrons. The molecule has 9 rings (SSSR count). The van der Waals surface area contributed by atoms with E-state index in [-0.39, 0.29) is 49.5 Å². The Labute approximate surface area is 418 Å². The fourth-order valence-electron chi connectivity index (χ4n) is 9.89. The number of alkyl carbamates (subject to hydrolysis) is 2. The van der Waals surface area contributed by atoms with Gasteiger partial charge in [-0.2, -0.15) is 0 Å². The highest BCUT2D eigenvalue weighted by molar-refractivity contribution is 5.87. The number of benzene rings is 3. The van der Waals surface area contributed by atoms with Crippen LogP contribution in [0.15, 0.2) is 73.1 Å². The van der Waals surface area contributed by atoms with E-state index in [1.165, 1.54) is 7.11 Å². The number of carbonyl (C=O) groups excluding carboxylic acids is 5. The average Bonchev–Trinajstić information content (AvgIpc) is 4.22. The number of hydrogen-bond acceptors (Lipinski definition) is 12. The molecule has 72 heavy (non-hydrogen) atoms. The number of amides is 5. The molecule has 3 aromatic carbocycles. The van der Waals surface area contributed by atoms with Crippen molar-refractivity contribution in [1.82, 2.24) is 45.3 Å². The van der Waals surface area contributed by atoms with Crippen LogP contribution < -0.4 is 20.1 Å². The number of ether oxygens (including phenoxy) is 5. The molecule has 2 saturated heterocycles. The SMILES string of the molecule is COC(=O)N[C@H](C(=O)N1CCCC1c1ncc(-c2ccc(-c3ccc(-c4cnc(C5C[C@@H](OC(=O)N6Cc7ccc8c(c7C6)OCO8)CN5C(=O)[C@@H](NC(=O)OC(C)(C)C)C(C)C)[nH]4)cc3)cc2)[nH]1)C(C)C. The number of carbonyl (C=O) groups is 5. The fraction of sp³-hybridized carbons (Fsp3) is 0.453. The highest BCUT2D eigenvalue weighted by atomic mass is 16.7. The Kier molecular flexibility index (Phi) is 13.9. The Balaban J connectivity index is 0.883. The molecule has 2 unspecified atom stereocenters. The quantitative estimate of drug-likeness (QED) is 0.0868. The minimum absolute atomic E-state index is 0.0866. The van der Waals surface area contributed by atoms with Crippen molar-refractivity contribution in [2.75, 3.05) is 27.0 Å². The molecule has 0 bridgehead atoms. The second kappa shape index (κ2) is 20.3. The molecule has 19 heteroatoms. The van der Waals surface area contributed by atoms with Gasteiger partial charge in [0.05, 0.1) is 56.1 Å². The maximum absolute atomic E-state index is 14.5. The van der Waals surface area contributed by atoms with Gasteiger partial charge < -0.3 is 54.1 Å². The first-order chi connectivity index (χ1) is 34.4. The van der Waals surface area contributed by atoms with Crippen LogP contribution in [0.2, 0.25) is 0 Å². The summed E-state index contributed by atoms with van der Waals surface area (Å²) in [7, 11) is 1.28. The van der Waals surface area contributed by atoms with Gasteiger partial charge in [0.1, 0.15) is 35.4 Å². The van der Waals surface area contributed by atoms with Crippen LogP contribution in [0.1, 0.15) is 103 Å². The molecule has 5 aromatic rings. The van der Waals surface area contributed by atoms with Gasteiger partial charge in [-0.15, -0.1) is 0 Å². The monoisotopic (exact) mass is 985 g/mol. The van der Waals surface area contributed by atoms with Crippen LogP contribution in [0.3, 0.4) is 0 Å². The molecule has 2 aromatic heterocycles. The lowest BCUT2D eigenvalue weighted by Crippen LogP contribution is -2.52. The lowest BCUT2D eigenvalue weighted by molar-refractivity contribution is -0.136. The smallest absolute Gasteiger partial charge is 0.410 e. The molecule has 0 spiro atoms. The van der Waals surface area contributed by atoms with E-state index in [1.807, 2.05) is 88.4 Å². The maximum atomic E-state index is 14.5. The van der Waals surface area contributed by atoms with E-state index < -0.39 is 48.1 Å². The molecule has 380 valence electrons. The molecular formula is C53H63N9O10. The van der Waals surface area contributed by atoms with E-state index in [0.717, 1.165) is 57.6 Å². The van der Waals surface area contributed by atoms with Crippen LogP contribution in [0.5, 0.6) is 11.5 Å². The summed E-state index contributed by atoms with van der Waals surface area (Å²) < 4.78 is 27.7. The number of methoxy groups -OCH3 is 1. The summed E-state index contributed by atoms with van der Waals surface area (Å²) in [5.74, 6) is 1.58. The Morgan fingerprint density at radius 2 is 1.29 bits per heavy atom. The fourth-order valence-corrected chi connectivity index (χ4v) is 9.89. The van der Waals surface area contributed by atoms with Gasteiger partial charge in [-0.3, -0.25) is 14.5 Å². The molecule has 0 aliphatic carbocycles. The molecule has 4 N–H and O–H groups in total. The van der Waals surface area contributed by atoms with Crippen LogP contribution in [0.25, 0.3) is 33.6 Å². The molecule has 5 amide bonds. The zero-order valence-corrected chi connectivity index (χ0v) is 41.9. The third-order valence-electron chi connectivity index (χ3n) is 13.6. The van der Waals surface area contributed by atoms with Crippen LogP contribution in [-0.4, -0.2) is 116 Å². The summed E-state index contributed by atoms with van der Waals surface area (Å²) in [6, 6.07) is 17.5. The largest absolute Gasteiger partial charge is 0.454 e. The van der Waals surface area contributed by atoms with Gasteiger partial charge in [0.2, 0.25) is 18.6 Å². The summed E-state index contributed by atoms with van der Waals surface area (Å²) in [4.78, 5) is 88.4. The number of nitrogens with one attached hydrogen (secondary N) is 4. The molecule has 19 nitrogen and oxygen atoms in total. The number of likely N-dealkylation sites (tertiary alicyclic amines) is 2. The van der Waals surface area contributed by atoms with Crippen molar-refractivity contribution in [3.05, 3.63) is 95.8 Å². The van der Waals surface area contributed by atoms with Crippen LogP contribution in [0.4, 0.5) is 14.4 Å². The van der Waals surface area contributed by atoms with Crippen LogP contribution >= 0.6 is 0 Å². The van der Waals surface area contributed by atoms with Crippen molar-refractivity contribution < 1.29 is 47.7 Å². The van der Waals surface area contributed by atoms with Crippen molar-refractivity contribution in [2.24, 2.45) is 11.8 Å². The number of fused-ring (bicyclic) bond motifs is 3. The van der Waals surface area contributed by atoms with Gasteiger partial charge in [-0.25, -0.2) is 24.4 Å². The van der Waals surface area contributed by atoms with Crippen molar-refractivity contribution in [3.63, 3.8) is 0 Å². The number of aromatic amines is 2. The van der Waals surface area contributed by atoms with Gasteiger partial charge in [0.15, 0.2) is 11.5 Å². The summed E-state index contributed by atoms with van der Waals surface area (Å²) >= 11 is 0. The van der Waals surface area contributed by atoms with E-state index in [2.05, 4.69) is 20.6 Å². The molecule has 0 saturated carbocycles. The topological polar surface area (TPSA) is 223 Å². The van der Waals surface area contributed by atoms with E-state index in [0.29, 0.717) is 42.8 Å². The zero-order valence-electron chi connectivity index (χ0n) is 41.9. The van der Waals surface area contributed by atoms with E-state index in [1.54, 1.807) is 47.9 Å². The van der Waals surface area contributed by atoms with E-state index in [4.69, 9.17) is 33.7 Å². The summed E-state index contributed by atoms with van der Waals surface area (Å²) in [5, 5.41) is 5.49. The average molecular weight is 986 g/mol. The van der Waals surface area contributed by atoms with Crippen molar-refractivity contribution in [1.29, 1.82) is 0 Å². The number of rotatable bonds is 12. The Bertz CT molecular complexity index is 2820. The molecule has 5 atom stereocenters. The minimum atomic E-state index is -0.927. The zero-order chi connectivity index (χ0) is 51.0. The summed E-state index contributed by atoms with van der Waals surface area (Å²) in [6.45, 7) is 14.2. The van der Waals surface area contributed by atoms with Gasteiger partial charge in [-0.1, -0.05) is 82.3 Å². The number of aromatic nitrogens is 4. The van der Waals surface area contributed by atoms with Gasteiger partial charge in [0, 0.05) is 25.1 Å². The van der Waals surface area contributed by atoms with Crippen molar-refractivity contribution in [2.45, 2.75) is 117 Å². The van der Waals surface area contributed by atoms with Crippen LogP contribution in [-0.2, 0) is 36.9 Å². The van der Waals surface area contributed by atoms with Gasteiger partial charge >= 0.3 is 18.3 Å². The predicted octanol–water partition coefficient (Wildman–Crippen LogP) is 8.25. The normalized spacial score (nSPS) is 19.1. The maximum Gasteiger partial charge on any atom is 0.410 e. The molecule has 4 aliphatic heterocycles. The predicted molar refractivity (Wildman–Crippen MR) is 264 cm³/mol. The Morgan fingerprint density at radius 3 is 1.88 bits per heavy atom. The van der Waals surface area contributed by atoms with Crippen molar-refractivity contribution in [3.8, 4) is 45.1 Å². The summed E-state index contributed by atoms with van der Waals surface area (Å²) in [5.41, 5.74) is 6.45. The van der Waals surface area contributed by atoms with Gasteiger partial charge in [-0.05, 0) is 79.3 Å². The van der Waals surface area contributed by atoms with Gasteiger partial charge in [0.25, 0.3) is 0 Å². The summed E-state index contributed by atoms with van der Waals surface area (Å²) in [6.07, 6.45) is 2.84. The standard InChI is InChI=1S/C53H63N9O10/c1-29(2)43(58-50(65)68-8)48(63)61-21-9-10-40(61)46-54-23-38(56-46)33-15-11-31(12-16-33)32-13-17-34(18-14-32)39-24-55-47(57-39)41-22-36(26-62(41)49(64)44(30(3)4)59-51(66)72-53(5,6)7)71-52(67)60-25-35-19-20-42-45(37(35)27-60)70-28-69-42/h11-20,23-24,29-30,36,40-41,43-44H,9-10,21-22,25-28H2,1-8H3,(H,54,56)(H,55,57)(H,58,65)(H,59,66)/t36-,40?,41?,43+,44+/m1/s1. The Hall–Kier alpha value is -7.57. The highest BCUT2D eigenvalue weighted by Crippen LogP contribution is 2.42. The first-order valence-corrected chi connectivity index (χ1v) is 24.6. The third kappa shape index (κ3) is 10.4. The minimum Gasteiger partial charge on any atom is -0.454 e. The first kappa shape index (κ1) is 49.4. The third-order valence-corrected chi connectivity index (χ3v) is 13.6. The lowest BCUT2D eigenvalue weighted by atomic mass is 10.0. The number of nitrogens with zero attached hydrogens (tertiary/aromatic N) is 5. The number of imidazole rings is 2. The van der Waals surface area contributed by atoms with Crippen molar-refractivity contribution >= 4 is 30.1 Å². The molecular weight excluding hydrogens is 923 g/mol. The number of H-pyrrole nitrogens is 2.